The SMILES string of the molecule is COc1ccc(C(O)c2nc(Br)cs2)cc1C. The molecule has 2 aromatic rings. The van der Waals surface area contributed by atoms with Crippen molar-refractivity contribution >= 4 is 27.3 Å². The molecule has 1 unspecified atom stereocenters. The highest BCUT2D eigenvalue weighted by Crippen LogP contribution is 2.29. The fourth-order valence-corrected chi connectivity index (χ4v) is 2.88. The van der Waals surface area contributed by atoms with Crippen LogP contribution in [-0.2, 0) is 0 Å². The first-order valence-corrected chi connectivity index (χ1v) is 6.72. The number of hydrogen-bond donors (Lipinski definition) is 1. The summed E-state index contributed by atoms with van der Waals surface area (Å²) in [4.78, 5) is 4.21. The molecule has 1 N–H and O–H groups in total. The number of ether oxygens (including phenoxy) is 1. The van der Waals surface area contributed by atoms with Crippen molar-refractivity contribution in [3.05, 3.63) is 44.3 Å². The molecule has 2 rings (SSSR count). The zero-order valence-electron chi connectivity index (χ0n) is 9.48. The van der Waals surface area contributed by atoms with Crippen LogP contribution >= 0.6 is 27.3 Å². The van der Waals surface area contributed by atoms with E-state index in [2.05, 4.69) is 20.9 Å². The van der Waals surface area contributed by atoms with E-state index in [1.807, 2.05) is 30.5 Å². The Morgan fingerprint density at radius 2 is 2.24 bits per heavy atom. The van der Waals surface area contributed by atoms with Gasteiger partial charge in [0.15, 0.2) is 0 Å². The van der Waals surface area contributed by atoms with Crippen LogP contribution < -0.4 is 4.74 Å². The zero-order chi connectivity index (χ0) is 12.4. The first kappa shape index (κ1) is 12.5. The van der Waals surface area contributed by atoms with E-state index >= 15 is 0 Å². The molecule has 0 aliphatic carbocycles. The van der Waals surface area contributed by atoms with Crippen molar-refractivity contribution in [2.75, 3.05) is 7.11 Å². The Bertz CT molecular complexity index is 527. The van der Waals surface area contributed by atoms with E-state index in [4.69, 9.17) is 4.74 Å². The molecular weight excluding hydrogens is 302 g/mol. The lowest BCUT2D eigenvalue weighted by Crippen LogP contribution is -2.00. The Kier molecular flexibility index (Phi) is 3.81. The van der Waals surface area contributed by atoms with Crippen LogP contribution in [0.5, 0.6) is 5.75 Å². The van der Waals surface area contributed by atoms with Crippen LogP contribution in [-0.4, -0.2) is 17.2 Å². The topological polar surface area (TPSA) is 42.4 Å². The number of aliphatic hydroxyl groups excluding tert-OH is 1. The molecule has 17 heavy (non-hydrogen) atoms. The van der Waals surface area contributed by atoms with E-state index in [0.29, 0.717) is 5.01 Å². The van der Waals surface area contributed by atoms with Crippen LogP contribution in [0.1, 0.15) is 22.2 Å². The van der Waals surface area contributed by atoms with Crippen molar-refractivity contribution in [2.45, 2.75) is 13.0 Å². The molecule has 90 valence electrons. The van der Waals surface area contributed by atoms with Gasteiger partial charge in [0.05, 0.1) is 7.11 Å². The van der Waals surface area contributed by atoms with Crippen molar-refractivity contribution in [1.82, 2.24) is 4.98 Å². The Morgan fingerprint density at radius 1 is 1.47 bits per heavy atom. The summed E-state index contributed by atoms with van der Waals surface area (Å²) in [7, 11) is 1.64. The highest BCUT2D eigenvalue weighted by molar-refractivity contribution is 9.10. The Morgan fingerprint density at radius 3 is 2.76 bits per heavy atom. The summed E-state index contributed by atoms with van der Waals surface area (Å²) in [6.45, 7) is 1.95. The smallest absolute Gasteiger partial charge is 0.131 e. The Hall–Kier alpha value is -0.910. The third-order valence-corrected chi connectivity index (χ3v) is 4.07. The molecular formula is C12H12BrNO2S. The molecule has 0 spiro atoms. The summed E-state index contributed by atoms with van der Waals surface area (Å²) in [6.07, 6.45) is -0.684. The molecule has 1 heterocycles. The second-order valence-corrected chi connectivity index (χ2v) is 5.34. The van der Waals surface area contributed by atoms with Gasteiger partial charge in [0.25, 0.3) is 0 Å². The van der Waals surface area contributed by atoms with Gasteiger partial charge in [0.2, 0.25) is 0 Å². The van der Waals surface area contributed by atoms with E-state index in [9.17, 15) is 5.11 Å². The fraction of sp³-hybridized carbons (Fsp3) is 0.250. The average molecular weight is 314 g/mol. The molecule has 3 nitrogen and oxygen atoms in total. The molecule has 0 bridgehead atoms. The van der Waals surface area contributed by atoms with Crippen molar-refractivity contribution in [3.63, 3.8) is 0 Å². The molecule has 0 amide bonds. The van der Waals surface area contributed by atoms with Crippen LogP contribution in [0.4, 0.5) is 0 Å². The molecule has 0 radical (unpaired) electrons. The van der Waals surface area contributed by atoms with Crippen LogP contribution in [0.25, 0.3) is 0 Å². The van der Waals surface area contributed by atoms with Gasteiger partial charge in [0, 0.05) is 5.38 Å². The zero-order valence-corrected chi connectivity index (χ0v) is 11.9. The van der Waals surface area contributed by atoms with Crippen LogP contribution in [0.15, 0.2) is 28.2 Å². The summed E-state index contributed by atoms with van der Waals surface area (Å²) in [6, 6.07) is 5.63. The minimum absolute atomic E-state index is 0.682. The molecule has 1 atom stereocenters. The van der Waals surface area contributed by atoms with Gasteiger partial charge in [-0.2, -0.15) is 0 Å². The van der Waals surface area contributed by atoms with Gasteiger partial charge in [-0.25, -0.2) is 4.98 Å². The van der Waals surface area contributed by atoms with Gasteiger partial charge >= 0.3 is 0 Å². The van der Waals surface area contributed by atoms with E-state index in [1.165, 1.54) is 11.3 Å². The second-order valence-electron chi connectivity index (χ2n) is 3.64. The summed E-state index contributed by atoms with van der Waals surface area (Å²) >= 11 is 4.71. The third-order valence-electron chi connectivity index (χ3n) is 2.46. The van der Waals surface area contributed by atoms with Gasteiger partial charge in [-0.15, -0.1) is 11.3 Å². The van der Waals surface area contributed by atoms with Gasteiger partial charge < -0.3 is 9.84 Å². The molecule has 0 saturated carbocycles. The number of nitrogens with zero attached hydrogens (tertiary/aromatic N) is 1. The minimum atomic E-state index is -0.684. The van der Waals surface area contributed by atoms with Gasteiger partial charge in [-0.1, -0.05) is 6.07 Å². The Balaban J connectivity index is 2.31. The van der Waals surface area contributed by atoms with Crippen molar-refractivity contribution in [1.29, 1.82) is 0 Å². The number of methoxy groups -OCH3 is 1. The third kappa shape index (κ3) is 2.68. The van der Waals surface area contributed by atoms with E-state index < -0.39 is 6.10 Å². The number of aromatic nitrogens is 1. The second kappa shape index (κ2) is 5.16. The minimum Gasteiger partial charge on any atom is -0.496 e. The molecule has 0 aliphatic heterocycles. The van der Waals surface area contributed by atoms with Gasteiger partial charge in [0.1, 0.15) is 21.5 Å². The molecule has 0 saturated heterocycles. The number of hydrogen-bond acceptors (Lipinski definition) is 4. The first-order chi connectivity index (χ1) is 8.11. The predicted molar refractivity (Wildman–Crippen MR) is 71.6 cm³/mol. The number of aryl methyl sites for hydroxylation is 1. The quantitative estimate of drug-likeness (QED) is 0.945. The largest absolute Gasteiger partial charge is 0.496 e. The van der Waals surface area contributed by atoms with Gasteiger partial charge in [-0.05, 0) is 46.1 Å². The number of thiazole rings is 1. The fourth-order valence-electron chi connectivity index (χ4n) is 1.61. The summed E-state index contributed by atoms with van der Waals surface area (Å²) in [5.74, 6) is 0.821. The summed E-state index contributed by atoms with van der Waals surface area (Å²) < 4.78 is 5.94. The van der Waals surface area contributed by atoms with Crippen LogP contribution in [0.2, 0.25) is 0 Å². The summed E-state index contributed by atoms with van der Waals surface area (Å²) in [5.41, 5.74) is 1.82. The highest BCUT2D eigenvalue weighted by Gasteiger charge is 2.15. The van der Waals surface area contributed by atoms with Crippen molar-refractivity contribution < 1.29 is 9.84 Å². The van der Waals surface area contributed by atoms with Crippen LogP contribution in [0, 0.1) is 6.92 Å². The monoisotopic (exact) mass is 313 g/mol. The number of rotatable bonds is 3. The van der Waals surface area contributed by atoms with E-state index in [-0.39, 0.29) is 0 Å². The lowest BCUT2D eigenvalue weighted by molar-refractivity contribution is 0.219. The lowest BCUT2D eigenvalue weighted by Gasteiger charge is -2.11. The molecule has 0 aliphatic rings. The molecule has 1 aromatic carbocycles. The predicted octanol–water partition coefficient (Wildman–Crippen LogP) is 3.30. The molecule has 0 fully saturated rings. The van der Waals surface area contributed by atoms with E-state index in [1.54, 1.807) is 7.11 Å². The van der Waals surface area contributed by atoms with E-state index in [0.717, 1.165) is 21.5 Å². The lowest BCUT2D eigenvalue weighted by atomic mass is 10.1. The summed E-state index contributed by atoms with van der Waals surface area (Å²) in [5, 5.41) is 12.7. The highest BCUT2D eigenvalue weighted by atomic mass is 79.9. The Labute approximate surface area is 112 Å². The normalized spacial score (nSPS) is 12.5. The number of benzene rings is 1. The molecule has 1 aromatic heterocycles. The number of aliphatic hydroxyl groups is 1. The maximum absolute atomic E-state index is 10.2. The standard InChI is InChI=1S/C12H12BrNO2S/c1-7-5-8(3-4-9(7)16-2)11(15)12-14-10(13)6-17-12/h3-6,11,15H,1-2H3. The van der Waals surface area contributed by atoms with Gasteiger partial charge in [-0.3, -0.25) is 0 Å². The number of halogens is 1. The maximum atomic E-state index is 10.2. The van der Waals surface area contributed by atoms with Crippen molar-refractivity contribution in [3.8, 4) is 5.75 Å². The average Bonchev–Trinajstić information content (AvgIpc) is 2.75. The van der Waals surface area contributed by atoms with Crippen LogP contribution in [0.3, 0.4) is 0 Å². The maximum Gasteiger partial charge on any atom is 0.131 e. The molecule has 5 heteroatoms. The van der Waals surface area contributed by atoms with Crippen molar-refractivity contribution in [2.24, 2.45) is 0 Å². The first-order valence-electron chi connectivity index (χ1n) is 5.05.